The van der Waals surface area contributed by atoms with Crippen molar-refractivity contribution < 1.29 is 23.9 Å². The van der Waals surface area contributed by atoms with Gasteiger partial charge in [0.2, 0.25) is 5.91 Å². The van der Waals surface area contributed by atoms with Gasteiger partial charge >= 0.3 is 5.97 Å². The number of rotatable bonds is 4. The number of benzene rings is 1. The first kappa shape index (κ1) is 15.0. The quantitative estimate of drug-likeness (QED) is 0.781. The van der Waals surface area contributed by atoms with Crippen molar-refractivity contribution >= 4 is 23.5 Å². The lowest BCUT2D eigenvalue weighted by molar-refractivity contribution is -0.145. The van der Waals surface area contributed by atoms with Crippen LogP contribution in [0.1, 0.15) is 30.1 Å². The van der Waals surface area contributed by atoms with E-state index in [1.54, 1.807) is 0 Å². The van der Waals surface area contributed by atoms with Gasteiger partial charge in [0.25, 0.3) is 5.91 Å². The van der Waals surface area contributed by atoms with Crippen molar-refractivity contribution in [3.8, 4) is 0 Å². The number of carbonyl (C=O) groups excluding carboxylic acids is 2. The molecule has 21 heavy (non-hydrogen) atoms. The van der Waals surface area contributed by atoms with Gasteiger partial charge in [-0.05, 0) is 31.0 Å². The standard InChI is InChI=1S/C14H15FN2O4/c1-7(18)16-9-2-3-12(15)11(6-9)13(19)17-10-4-8(5-10)14(20)21/h2-3,6,8,10H,4-5H2,1H3,(H,16,18)(H,17,19)(H,20,21). The molecule has 1 fully saturated rings. The van der Waals surface area contributed by atoms with E-state index in [9.17, 15) is 18.8 Å². The van der Waals surface area contributed by atoms with E-state index in [1.165, 1.54) is 19.1 Å². The maximum atomic E-state index is 13.7. The van der Waals surface area contributed by atoms with Gasteiger partial charge in [-0.3, -0.25) is 14.4 Å². The molecule has 1 saturated carbocycles. The van der Waals surface area contributed by atoms with Crippen LogP contribution in [0.2, 0.25) is 0 Å². The predicted octanol–water partition coefficient (Wildman–Crippen LogP) is 1.38. The number of carboxylic acid groups (broad SMARTS) is 1. The monoisotopic (exact) mass is 294 g/mol. The first-order valence-electron chi connectivity index (χ1n) is 6.47. The minimum Gasteiger partial charge on any atom is -0.481 e. The third kappa shape index (κ3) is 3.56. The van der Waals surface area contributed by atoms with Gasteiger partial charge in [-0.2, -0.15) is 0 Å². The van der Waals surface area contributed by atoms with Crippen LogP contribution < -0.4 is 10.6 Å². The Morgan fingerprint density at radius 3 is 2.52 bits per heavy atom. The number of nitrogens with one attached hydrogen (secondary N) is 2. The number of hydrogen-bond acceptors (Lipinski definition) is 3. The second kappa shape index (κ2) is 5.90. The maximum absolute atomic E-state index is 13.7. The zero-order chi connectivity index (χ0) is 15.6. The molecule has 2 rings (SSSR count). The molecule has 6 nitrogen and oxygen atoms in total. The molecule has 0 heterocycles. The summed E-state index contributed by atoms with van der Waals surface area (Å²) in [5, 5.41) is 13.8. The molecule has 0 saturated heterocycles. The van der Waals surface area contributed by atoms with Crippen molar-refractivity contribution in [2.75, 3.05) is 5.32 Å². The summed E-state index contributed by atoms with van der Waals surface area (Å²) in [5.41, 5.74) is 0.145. The Morgan fingerprint density at radius 2 is 1.95 bits per heavy atom. The smallest absolute Gasteiger partial charge is 0.306 e. The van der Waals surface area contributed by atoms with E-state index in [0.717, 1.165) is 6.07 Å². The third-order valence-corrected chi connectivity index (χ3v) is 3.35. The minimum absolute atomic E-state index is 0.181. The van der Waals surface area contributed by atoms with Gasteiger partial charge in [0.1, 0.15) is 5.82 Å². The molecule has 0 atom stereocenters. The maximum Gasteiger partial charge on any atom is 0.306 e. The Bertz CT molecular complexity index is 597. The lowest BCUT2D eigenvalue weighted by Crippen LogP contribution is -2.46. The molecule has 3 N–H and O–H groups in total. The number of anilines is 1. The van der Waals surface area contributed by atoms with Crippen LogP contribution >= 0.6 is 0 Å². The van der Waals surface area contributed by atoms with E-state index >= 15 is 0 Å². The molecule has 0 unspecified atom stereocenters. The number of carbonyl (C=O) groups is 3. The van der Waals surface area contributed by atoms with Gasteiger partial charge < -0.3 is 15.7 Å². The molecule has 0 aromatic heterocycles. The first-order valence-corrected chi connectivity index (χ1v) is 6.47. The largest absolute Gasteiger partial charge is 0.481 e. The summed E-state index contributed by atoms with van der Waals surface area (Å²) < 4.78 is 13.7. The highest BCUT2D eigenvalue weighted by Crippen LogP contribution is 2.28. The highest BCUT2D eigenvalue weighted by atomic mass is 19.1. The van der Waals surface area contributed by atoms with Crippen molar-refractivity contribution in [1.82, 2.24) is 5.32 Å². The van der Waals surface area contributed by atoms with Gasteiger partial charge in [0.05, 0.1) is 11.5 Å². The van der Waals surface area contributed by atoms with Gasteiger partial charge in [-0.1, -0.05) is 0 Å². The Labute approximate surface area is 120 Å². The fourth-order valence-corrected chi connectivity index (χ4v) is 2.18. The predicted molar refractivity (Wildman–Crippen MR) is 72.3 cm³/mol. The van der Waals surface area contributed by atoms with Crippen molar-refractivity contribution in [3.05, 3.63) is 29.6 Å². The van der Waals surface area contributed by atoms with Gasteiger partial charge in [-0.25, -0.2) is 4.39 Å². The van der Waals surface area contributed by atoms with Gasteiger partial charge in [0.15, 0.2) is 0 Å². The van der Waals surface area contributed by atoms with Gasteiger partial charge in [-0.15, -0.1) is 0 Å². The van der Waals surface area contributed by atoms with Crippen LogP contribution in [-0.2, 0) is 9.59 Å². The molecule has 7 heteroatoms. The summed E-state index contributed by atoms with van der Waals surface area (Å²) in [4.78, 5) is 33.6. The van der Waals surface area contributed by atoms with Crippen molar-refractivity contribution in [2.24, 2.45) is 5.92 Å². The molecular formula is C14H15FN2O4. The number of carboxylic acids is 1. The van der Waals surface area contributed by atoms with E-state index in [2.05, 4.69) is 10.6 Å². The number of amides is 2. The van der Waals surface area contributed by atoms with E-state index in [1.807, 2.05) is 0 Å². The molecule has 0 radical (unpaired) electrons. The van der Waals surface area contributed by atoms with Crippen LogP contribution in [0, 0.1) is 11.7 Å². The molecule has 0 aliphatic heterocycles. The molecule has 1 aliphatic rings. The molecule has 0 bridgehead atoms. The second-order valence-corrected chi connectivity index (χ2v) is 5.05. The summed E-state index contributed by atoms with van der Waals surface area (Å²) in [6, 6.07) is 3.44. The molecule has 1 aliphatic carbocycles. The summed E-state index contributed by atoms with van der Waals surface area (Å²) in [6.07, 6.45) is 0.683. The third-order valence-electron chi connectivity index (χ3n) is 3.35. The highest BCUT2D eigenvalue weighted by Gasteiger charge is 2.35. The molecular weight excluding hydrogens is 279 g/mol. The van der Waals surface area contributed by atoms with Crippen LogP contribution in [0.25, 0.3) is 0 Å². The van der Waals surface area contributed by atoms with Crippen LogP contribution in [0.15, 0.2) is 18.2 Å². The molecule has 2 amide bonds. The zero-order valence-electron chi connectivity index (χ0n) is 11.4. The van der Waals surface area contributed by atoms with E-state index in [4.69, 9.17) is 5.11 Å². The fraction of sp³-hybridized carbons (Fsp3) is 0.357. The second-order valence-electron chi connectivity index (χ2n) is 5.05. The Hall–Kier alpha value is -2.44. The number of halogens is 1. The lowest BCUT2D eigenvalue weighted by Gasteiger charge is -2.32. The highest BCUT2D eigenvalue weighted by molar-refractivity contribution is 5.97. The Morgan fingerprint density at radius 1 is 1.29 bits per heavy atom. The Balaban J connectivity index is 2.02. The van der Waals surface area contributed by atoms with E-state index < -0.39 is 23.6 Å². The van der Waals surface area contributed by atoms with Crippen molar-refractivity contribution in [3.63, 3.8) is 0 Å². The molecule has 112 valence electrons. The van der Waals surface area contributed by atoms with Crippen LogP contribution in [0.4, 0.5) is 10.1 Å². The topological polar surface area (TPSA) is 95.5 Å². The zero-order valence-corrected chi connectivity index (χ0v) is 11.4. The van der Waals surface area contributed by atoms with Crippen LogP contribution in [0.5, 0.6) is 0 Å². The van der Waals surface area contributed by atoms with Crippen LogP contribution in [-0.4, -0.2) is 28.9 Å². The van der Waals surface area contributed by atoms with Crippen molar-refractivity contribution in [2.45, 2.75) is 25.8 Å². The number of hydrogen-bond donors (Lipinski definition) is 3. The molecule has 0 spiro atoms. The summed E-state index contributed by atoms with van der Waals surface area (Å²) >= 11 is 0. The van der Waals surface area contributed by atoms with E-state index in [0.29, 0.717) is 18.5 Å². The van der Waals surface area contributed by atoms with Crippen molar-refractivity contribution in [1.29, 1.82) is 0 Å². The number of aliphatic carboxylic acids is 1. The lowest BCUT2D eigenvalue weighted by atomic mass is 9.80. The minimum atomic E-state index is -0.890. The van der Waals surface area contributed by atoms with E-state index in [-0.39, 0.29) is 17.5 Å². The van der Waals surface area contributed by atoms with Gasteiger partial charge in [0, 0.05) is 18.7 Å². The first-order chi connectivity index (χ1) is 9.86. The average molecular weight is 294 g/mol. The molecule has 1 aromatic carbocycles. The summed E-state index contributed by atoms with van der Waals surface area (Å²) in [5.74, 6) is -2.98. The summed E-state index contributed by atoms with van der Waals surface area (Å²) in [6.45, 7) is 1.31. The normalized spacial score (nSPS) is 20.3. The summed E-state index contributed by atoms with van der Waals surface area (Å²) in [7, 11) is 0. The SMILES string of the molecule is CC(=O)Nc1ccc(F)c(C(=O)NC2CC(C(=O)O)C2)c1. The fourth-order valence-electron chi connectivity index (χ4n) is 2.18. The Kier molecular flexibility index (Phi) is 4.21. The average Bonchev–Trinajstić information content (AvgIpc) is 2.34. The molecule has 1 aromatic rings. The van der Waals surface area contributed by atoms with Crippen LogP contribution in [0.3, 0.4) is 0 Å².